The molecule has 2 aromatic carbocycles. The zero-order chi connectivity index (χ0) is 19.3. The van der Waals surface area contributed by atoms with Crippen LogP contribution in [0, 0.1) is 5.82 Å². The largest absolute Gasteiger partial charge is 0.379 e. The molecule has 3 rings (SSSR count). The van der Waals surface area contributed by atoms with Crippen molar-refractivity contribution in [3.63, 3.8) is 0 Å². The summed E-state index contributed by atoms with van der Waals surface area (Å²) in [4.78, 5) is 12.6. The van der Waals surface area contributed by atoms with Crippen LogP contribution in [0.4, 0.5) is 10.1 Å². The molecule has 0 aliphatic carbocycles. The molecule has 9 heteroatoms. The zero-order valence-corrected chi connectivity index (χ0v) is 16.1. The van der Waals surface area contributed by atoms with Crippen LogP contribution in [-0.2, 0) is 19.6 Å². The molecule has 1 amide bonds. The lowest BCUT2D eigenvalue weighted by Crippen LogP contribution is -2.40. The highest BCUT2D eigenvalue weighted by Crippen LogP contribution is 2.24. The molecule has 27 heavy (non-hydrogen) atoms. The van der Waals surface area contributed by atoms with Crippen LogP contribution >= 0.6 is 11.8 Å². The molecule has 1 N–H and O–H groups in total. The van der Waals surface area contributed by atoms with Crippen molar-refractivity contribution in [2.45, 2.75) is 9.79 Å². The highest BCUT2D eigenvalue weighted by atomic mass is 32.2. The fourth-order valence-corrected chi connectivity index (χ4v) is 4.79. The predicted molar refractivity (Wildman–Crippen MR) is 102 cm³/mol. The van der Waals surface area contributed by atoms with Crippen LogP contribution in [0.1, 0.15) is 0 Å². The molecule has 0 saturated carbocycles. The summed E-state index contributed by atoms with van der Waals surface area (Å²) in [6.45, 7) is 0.889. The number of ether oxygens (including phenoxy) is 1. The smallest absolute Gasteiger partial charge is 0.246 e. The Morgan fingerprint density at radius 3 is 2.56 bits per heavy atom. The summed E-state index contributed by atoms with van der Waals surface area (Å²) in [6.07, 6.45) is 0. The molecule has 0 bridgehead atoms. The molecule has 0 spiro atoms. The third-order valence-corrected chi connectivity index (χ3v) is 6.84. The summed E-state index contributed by atoms with van der Waals surface area (Å²) in [5.41, 5.74) is 0.238. The average Bonchev–Trinajstić information content (AvgIpc) is 2.69. The van der Waals surface area contributed by atoms with Crippen LogP contribution in [0.25, 0.3) is 0 Å². The number of nitrogens with zero attached hydrogens (tertiary/aromatic N) is 1. The first-order valence-corrected chi connectivity index (χ1v) is 10.7. The average molecular weight is 410 g/mol. The van der Waals surface area contributed by atoms with Crippen LogP contribution in [-0.4, -0.2) is 50.7 Å². The van der Waals surface area contributed by atoms with Gasteiger partial charge in [-0.05, 0) is 30.3 Å². The van der Waals surface area contributed by atoms with E-state index in [1.807, 2.05) is 30.3 Å². The fourth-order valence-electron chi connectivity index (χ4n) is 2.57. The fraction of sp³-hybridized carbons (Fsp3) is 0.278. The van der Waals surface area contributed by atoms with Gasteiger partial charge < -0.3 is 10.1 Å². The van der Waals surface area contributed by atoms with Crippen LogP contribution in [0.15, 0.2) is 58.3 Å². The Morgan fingerprint density at radius 1 is 1.15 bits per heavy atom. The molecular formula is C18H19FN2O4S2. The number of sulfonamides is 1. The van der Waals surface area contributed by atoms with Crippen molar-refractivity contribution in [3.8, 4) is 0 Å². The first-order valence-electron chi connectivity index (χ1n) is 8.32. The lowest BCUT2D eigenvalue weighted by Gasteiger charge is -2.26. The second-order valence-electron chi connectivity index (χ2n) is 5.81. The van der Waals surface area contributed by atoms with Crippen LogP contribution < -0.4 is 5.32 Å². The molecule has 1 heterocycles. The van der Waals surface area contributed by atoms with Gasteiger partial charge in [0.25, 0.3) is 0 Å². The van der Waals surface area contributed by atoms with Gasteiger partial charge in [0, 0.05) is 23.7 Å². The SMILES string of the molecule is O=C(CSc1ccccc1)Nc1ccc(F)c(S(=O)(=O)N2CCOCC2)c1. The standard InChI is InChI=1S/C18H19FN2O4S2/c19-16-7-6-14(20-18(22)13-26-15-4-2-1-3-5-15)12-17(16)27(23,24)21-8-10-25-11-9-21/h1-7,12H,8-11,13H2,(H,20,22). The topological polar surface area (TPSA) is 75.7 Å². The summed E-state index contributed by atoms with van der Waals surface area (Å²) in [5.74, 6) is -0.990. The van der Waals surface area contributed by atoms with Crippen LogP contribution in [0.3, 0.4) is 0 Å². The van der Waals surface area contributed by atoms with E-state index in [-0.39, 0.29) is 43.7 Å². The summed E-state index contributed by atoms with van der Waals surface area (Å²) in [5, 5.41) is 2.62. The molecule has 0 unspecified atom stereocenters. The summed E-state index contributed by atoms with van der Waals surface area (Å²) in [7, 11) is -3.98. The number of anilines is 1. The number of hydrogen-bond acceptors (Lipinski definition) is 5. The predicted octanol–water partition coefficient (Wildman–Crippen LogP) is 2.58. The lowest BCUT2D eigenvalue weighted by atomic mass is 10.3. The van der Waals surface area contributed by atoms with Crippen LogP contribution in [0.2, 0.25) is 0 Å². The van der Waals surface area contributed by atoms with E-state index >= 15 is 0 Å². The molecule has 6 nitrogen and oxygen atoms in total. The van der Waals surface area contributed by atoms with Crippen molar-refractivity contribution in [2.75, 3.05) is 37.4 Å². The van der Waals surface area contributed by atoms with Crippen molar-refractivity contribution >= 4 is 33.4 Å². The molecule has 0 radical (unpaired) electrons. The van der Waals surface area contributed by atoms with E-state index in [9.17, 15) is 17.6 Å². The molecule has 1 saturated heterocycles. The van der Waals surface area contributed by atoms with E-state index in [1.165, 1.54) is 22.1 Å². The summed E-state index contributed by atoms with van der Waals surface area (Å²) >= 11 is 1.36. The lowest BCUT2D eigenvalue weighted by molar-refractivity contribution is -0.113. The number of benzene rings is 2. The maximum absolute atomic E-state index is 14.2. The van der Waals surface area contributed by atoms with E-state index in [1.54, 1.807) is 0 Å². The van der Waals surface area contributed by atoms with Gasteiger partial charge in [-0.25, -0.2) is 12.8 Å². The van der Waals surface area contributed by atoms with Gasteiger partial charge in [0.05, 0.1) is 19.0 Å². The van der Waals surface area contributed by atoms with Crippen LogP contribution in [0.5, 0.6) is 0 Å². The van der Waals surface area contributed by atoms with Crippen molar-refractivity contribution in [1.82, 2.24) is 4.31 Å². The molecule has 1 aliphatic rings. The number of carbonyl (C=O) groups excluding carboxylic acids is 1. The van der Waals surface area contributed by atoms with E-state index < -0.39 is 20.7 Å². The summed E-state index contributed by atoms with van der Waals surface area (Å²) < 4.78 is 45.8. The molecular weight excluding hydrogens is 391 g/mol. The Labute approximate surface area is 161 Å². The second-order valence-corrected chi connectivity index (χ2v) is 8.77. The Balaban J connectivity index is 1.70. The Kier molecular flexibility index (Phi) is 6.48. The Morgan fingerprint density at radius 2 is 1.85 bits per heavy atom. The number of amides is 1. The summed E-state index contributed by atoms with van der Waals surface area (Å²) in [6, 6.07) is 13.0. The number of hydrogen-bond donors (Lipinski definition) is 1. The van der Waals surface area contributed by atoms with Gasteiger partial charge >= 0.3 is 0 Å². The minimum Gasteiger partial charge on any atom is -0.379 e. The van der Waals surface area contributed by atoms with E-state index in [0.29, 0.717) is 0 Å². The number of rotatable bonds is 6. The highest BCUT2D eigenvalue weighted by molar-refractivity contribution is 8.00. The highest BCUT2D eigenvalue weighted by Gasteiger charge is 2.29. The molecule has 1 aliphatic heterocycles. The van der Waals surface area contributed by atoms with Gasteiger partial charge in [-0.3, -0.25) is 4.79 Å². The quantitative estimate of drug-likeness (QED) is 0.741. The molecule has 0 aromatic heterocycles. The van der Waals surface area contributed by atoms with Gasteiger partial charge in [0.2, 0.25) is 15.9 Å². The van der Waals surface area contributed by atoms with E-state index in [0.717, 1.165) is 17.0 Å². The third kappa shape index (κ3) is 5.07. The molecule has 144 valence electrons. The van der Waals surface area contributed by atoms with Gasteiger partial charge in [-0.2, -0.15) is 4.31 Å². The number of thioether (sulfide) groups is 1. The first-order chi connectivity index (χ1) is 13.0. The zero-order valence-electron chi connectivity index (χ0n) is 14.4. The Bertz CT molecular complexity index is 901. The number of carbonyl (C=O) groups is 1. The molecule has 1 fully saturated rings. The van der Waals surface area contributed by atoms with Crippen molar-refractivity contribution in [2.24, 2.45) is 0 Å². The van der Waals surface area contributed by atoms with E-state index in [2.05, 4.69) is 5.32 Å². The minimum absolute atomic E-state index is 0.160. The molecule has 0 atom stereocenters. The number of morpholine rings is 1. The van der Waals surface area contributed by atoms with Gasteiger partial charge in [-0.1, -0.05) is 18.2 Å². The Hall–Kier alpha value is -1.94. The van der Waals surface area contributed by atoms with Gasteiger partial charge in [-0.15, -0.1) is 11.8 Å². The van der Waals surface area contributed by atoms with Crippen molar-refractivity contribution in [1.29, 1.82) is 0 Å². The van der Waals surface area contributed by atoms with E-state index in [4.69, 9.17) is 4.74 Å². The number of halogens is 1. The minimum atomic E-state index is -3.98. The molecule has 2 aromatic rings. The third-order valence-electron chi connectivity index (χ3n) is 3.92. The van der Waals surface area contributed by atoms with Gasteiger partial charge in [0.1, 0.15) is 10.7 Å². The van der Waals surface area contributed by atoms with Crippen molar-refractivity contribution in [3.05, 3.63) is 54.3 Å². The number of nitrogens with one attached hydrogen (secondary N) is 1. The van der Waals surface area contributed by atoms with Gasteiger partial charge in [0.15, 0.2) is 0 Å². The maximum atomic E-state index is 14.2. The van der Waals surface area contributed by atoms with Crippen molar-refractivity contribution < 1.29 is 22.3 Å². The first kappa shape index (κ1) is 19.8. The monoisotopic (exact) mass is 410 g/mol. The maximum Gasteiger partial charge on any atom is 0.246 e. The second kappa shape index (κ2) is 8.83. The normalized spacial score (nSPS) is 15.4.